The molecule has 9 nitrogen and oxygen atoms in total. The van der Waals surface area contributed by atoms with Crippen LogP contribution < -0.4 is 10.9 Å². The van der Waals surface area contributed by atoms with Gasteiger partial charge in [0.2, 0.25) is 11.7 Å². The number of carboxylic acids is 1. The largest absolute Gasteiger partial charge is 0.477 e. The van der Waals surface area contributed by atoms with E-state index in [9.17, 15) is 28.3 Å². The molecule has 0 atom stereocenters. The van der Waals surface area contributed by atoms with Crippen molar-refractivity contribution >= 4 is 23.3 Å². The van der Waals surface area contributed by atoms with Crippen molar-refractivity contribution in [1.82, 2.24) is 18.9 Å². The molecular formula is C33H31F2N5O4. The van der Waals surface area contributed by atoms with Crippen LogP contribution in [0.5, 0.6) is 0 Å². The molecule has 0 saturated heterocycles. The van der Waals surface area contributed by atoms with Crippen molar-refractivity contribution in [2.75, 3.05) is 12.4 Å². The first kappa shape index (κ1) is 30.3. The molecule has 0 bridgehead atoms. The molecule has 226 valence electrons. The lowest BCUT2D eigenvalue weighted by Crippen LogP contribution is -2.28. The summed E-state index contributed by atoms with van der Waals surface area (Å²) in [6.07, 6.45) is 1.06. The Bertz CT molecular complexity index is 1880. The Morgan fingerprint density at radius 3 is 2.23 bits per heavy atom. The molecule has 0 unspecified atom stereocenters. The predicted molar refractivity (Wildman–Crippen MR) is 162 cm³/mol. The van der Waals surface area contributed by atoms with Crippen molar-refractivity contribution in [3.63, 3.8) is 0 Å². The van der Waals surface area contributed by atoms with Gasteiger partial charge in [0.25, 0.3) is 5.56 Å². The number of rotatable bonds is 10. The minimum atomic E-state index is -1.48. The molecular weight excluding hydrogens is 568 g/mol. The summed E-state index contributed by atoms with van der Waals surface area (Å²) in [5, 5.41) is 12.8. The first-order valence-corrected chi connectivity index (χ1v) is 14.0. The molecule has 0 aliphatic carbocycles. The molecule has 44 heavy (non-hydrogen) atoms. The quantitative estimate of drug-likeness (QED) is 0.222. The maximum Gasteiger partial charge on any atom is 0.342 e. The van der Waals surface area contributed by atoms with Gasteiger partial charge in [0.15, 0.2) is 0 Å². The van der Waals surface area contributed by atoms with Crippen molar-refractivity contribution in [2.45, 2.75) is 33.5 Å². The highest BCUT2D eigenvalue weighted by molar-refractivity contribution is 5.92. The van der Waals surface area contributed by atoms with Gasteiger partial charge in [0.05, 0.1) is 17.9 Å². The third kappa shape index (κ3) is 6.28. The molecule has 0 radical (unpaired) electrons. The van der Waals surface area contributed by atoms with E-state index in [1.165, 1.54) is 15.0 Å². The second-order valence-electron chi connectivity index (χ2n) is 10.9. The minimum absolute atomic E-state index is 0.0259. The van der Waals surface area contributed by atoms with Gasteiger partial charge in [-0.25, -0.2) is 23.0 Å². The summed E-state index contributed by atoms with van der Waals surface area (Å²) in [6.45, 7) is 3.86. The minimum Gasteiger partial charge on any atom is -0.477 e. The van der Waals surface area contributed by atoms with Gasteiger partial charge < -0.3 is 15.0 Å². The van der Waals surface area contributed by atoms with Crippen molar-refractivity contribution in [3.05, 3.63) is 123 Å². The normalized spacial score (nSPS) is 11.4. The molecule has 2 aromatic heterocycles. The number of anilines is 1. The molecule has 3 aromatic carbocycles. The lowest BCUT2D eigenvalue weighted by atomic mass is 10.1. The van der Waals surface area contributed by atoms with Crippen LogP contribution >= 0.6 is 0 Å². The van der Waals surface area contributed by atoms with Gasteiger partial charge in [0, 0.05) is 42.0 Å². The maximum absolute atomic E-state index is 14.7. The van der Waals surface area contributed by atoms with E-state index in [1.807, 2.05) is 42.3 Å². The number of aromatic nitrogens is 3. The van der Waals surface area contributed by atoms with Crippen LogP contribution in [0.3, 0.4) is 0 Å². The molecule has 11 heteroatoms. The first-order valence-electron chi connectivity index (χ1n) is 14.0. The van der Waals surface area contributed by atoms with Crippen LogP contribution in [0, 0.1) is 17.6 Å². The zero-order chi connectivity index (χ0) is 31.5. The summed E-state index contributed by atoms with van der Waals surface area (Å²) >= 11 is 0. The lowest BCUT2D eigenvalue weighted by molar-refractivity contribution is -0.118. The van der Waals surface area contributed by atoms with Crippen LogP contribution in [-0.2, 0) is 24.4 Å². The maximum atomic E-state index is 14.7. The molecule has 0 saturated carbocycles. The zero-order valence-corrected chi connectivity index (χ0v) is 24.4. The van der Waals surface area contributed by atoms with E-state index in [0.717, 1.165) is 23.9 Å². The van der Waals surface area contributed by atoms with Crippen LogP contribution in [0.4, 0.5) is 14.5 Å². The van der Waals surface area contributed by atoms with E-state index >= 15 is 0 Å². The number of fused-ring (bicyclic) bond motifs is 1. The highest BCUT2D eigenvalue weighted by Crippen LogP contribution is 2.28. The second kappa shape index (κ2) is 12.6. The number of halogens is 2. The topological polar surface area (TPSA) is 109 Å². The SMILES string of the molecule is CC(C)C(=O)Nc1ccc(-c2nc3n(Cc4c(F)cccc4F)cc(C(=O)O)c(=O)n3c2CN(C)Cc2ccccc2)cc1. The van der Waals surface area contributed by atoms with E-state index in [1.54, 1.807) is 38.1 Å². The lowest BCUT2D eigenvalue weighted by Gasteiger charge is -2.18. The van der Waals surface area contributed by atoms with Gasteiger partial charge in [-0.1, -0.05) is 62.4 Å². The summed E-state index contributed by atoms with van der Waals surface area (Å²) in [4.78, 5) is 44.8. The van der Waals surface area contributed by atoms with E-state index < -0.39 is 35.3 Å². The number of hydrogen-bond donors (Lipinski definition) is 2. The highest BCUT2D eigenvalue weighted by Gasteiger charge is 2.24. The van der Waals surface area contributed by atoms with Gasteiger partial charge in [-0.15, -0.1) is 0 Å². The first-order chi connectivity index (χ1) is 21.0. The molecule has 0 spiro atoms. The summed E-state index contributed by atoms with van der Waals surface area (Å²) in [5.74, 6) is -3.44. The number of aromatic carboxylic acids is 1. The molecule has 2 heterocycles. The number of carbonyl (C=O) groups excluding carboxylic acids is 1. The van der Waals surface area contributed by atoms with Crippen LogP contribution in [0.25, 0.3) is 17.0 Å². The third-order valence-corrected chi connectivity index (χ3v) is 7.22. The van der Waals surface area contributed by atoms with Crippen molar-refractivity contribution in [2.24, 2.45) is 5.92 Å². The molecule has 2 N–H and O–H groups in total. The number of benzene rings is 3. The standard InChI is InChI=1S/C33H31F2N5O4/c1-20(2)30(41)36-23-14-12-22(13-15-23)29-28(19-38(3)16-21-8-5-4-6-9-21)40-31(42)25(32(43)44)18-39(33(40)37-29)17-24-26(34)10-7-11-27(24)35/h4-15,18,20H,16-17,19H2,1-3H3,(H,36,41)(H,43,44). The monoisotopic (exact) mass is 599 g/mol. The van der Waals surface area contributed by atoms with Gasteiger partial charge in [-0.2, -0.15) is 0 Å². The average molecular weight is 600 g/mol. The number of amides is 1. The van der Waals surface area contributed by atoms with E-state index in [4.69, 9.17) is 4.98 Å². The fourth-order valence-electron chi connectivity index (χ4n) is 4.93. The molecule has 0 aliphatic heterocycles. The van der Waals surface area contributed by atoms with E-state index in [-0.39, 0.29) is 29.7 Å². The Balaban J connectivity index is 1.69. The Kier molecular flexibility index (Phi) is 8.68. The summed E-state index contributed by atoms with van der Waals surface area (Å²) in [6, 6.07) is 20.0. The fraction of sp³-hybridized carbons (Fsp3) is 0.212. The Labute approximate surface area is 252 Å². The number of carboxylic acid groups (broad SMARTS) is 1. The Morgan fingerprint density at radius 2 is 1.61 bits per heavy atom. The summed E-state index contributed by atoms with van der Waals surface area (Å²) < 4.78 is 31.8. The predicted octanol–water partition coefficient (Wildman–Crippen LogP) is 5.41. The average Bonchev–Trinajstić information content (AvgIpc) is 3.36. The van der Waals surface area contributed by atoms with Gasteiger partial charge in [-0.3, -0.25) is 14.5 Å². The molecule has 1 amide bonds. The third-order valence-electron chi connectivity index (χ3n) is 7.22. The molecule has 0 aliphatic rings. The number of imidazole rings is 1. The van der Waals surface area contributed by atoms with Crippen molar-refractivity contribution in [1.29, 1.82) is 0 Å². The van der Waals surface area contributed by atoms with E-state index in [2.05, 4.69) is 5.32 Å². The molecule has 5 aromatic rings. The number of nitrogens with zero attached hydrogens (tertiary/aromatic N) is 4. The van der Waals surface area contributed by atoms with Crippen LogP contribution in [0.1, 0.15) is 41.0 Å². The molecule has 0 fully saturated rings. The van der Waals surface area contributed by atoms with Crippen LogP contribution in [0.2, 0.25) is 0 Å². The summed E-state index contributed by atoms with van der Waals surface area (Å²) in [5.41, 5.74) is 1.28. The van der Waals surface area contributed by atoms with Crippen LogP contribution in [0.15, 0.2) is 83.8 Å². The number of carbonyl (C=O) groups is 2. The van der Waals surface area contributed by atoms with Gasteiger partial charge in [0.1, 0.15) is 17.2 Å². The van der Waals surface area contributed by atoms with Gasteiger partial charge in [-0.05, 0) is 36.9 Å². The highest BCUT2D eigenvalue weighted by atomic mass is 19.1. The summed E-state index contributed by atoms with van der Waals surface area (Å²) in [7, 11) is 1.86. The molecule has 5 rings (SSSR count). The number of nitrogens with one attached hydrogen (secondary N) is 1. The van der Waals surface area contributed by atoms with E-state index in [0.29, 0.717) is 29.2 Å². The van der Waals surface area contributed by atoms with Crippen LogP contribution in [-0.4, -0.2) is 42.9 Å². The fourth-order valence-corrected chi connectivity index (χ4v) is 4.93. The van der Waals surface area contributed by atoms with Gasteiger partial charge >= 0.3 is 5.97 Å². The van der Waals surface area contributed by atoms with Crippen molar-refractivity contribution in [3.8, 4) is 11.3 Å². The smallest absolute Gasteiger partial charge is 0.342 e. The second-order valence-corrected chi connectivity index (χ2v) is 10.9. The zero-order valence-electron chi connectivity index (χ0n) is 24.4. The van der Waals surface area contributed by atoms with Crippen molar-refractivity contribution < 1.29 is 23.5 Å². The Morgan fingerprint density at radius 1 is 0.955 bits per heavy atom. The number of hydrogen-bond acceptors (Lipinski definition) is 5. The Hall–Kier alpha value is -5.16.